The molecule has 1 aliphatic rings. The van der Waals surface area contributed by atoms with Gasteiger partial charge in [0, 0.05) is 65.1 Å². The summed E-state index contributed by atoms with van der Waals surface area (Å²) in [6.45, 7) is 11.9. The minimum atomic E-state index is -1.13. The van der Waals surface area contributed by atoms with Crippen LogP contribution in [-0.2, 0) is 27.9 Å². The molecule has 1 aromatic heterocycles. The molecule has 33 heavy (non-hydrogen) atoms. The van der Waals surface area contributed by atoms with Crippen LogP contribution >= 0.6 is 0 Å². The maximum absolute atomic E-state index is 12.4. The van der Waals surface area contributed by atoms with Gasteiger partial charge in [0.2, 0.25) is 5.91 Å². The van der Waals surface area contributed by atoms with Crippen LogP contribution in [0, 0.1) is 12.8 Å². The maximum atomic E-state index is 12.4. The molecule has 190 valence electrons. The molecule has 9 nitrogen and oxygen atoms in total. The summed E-state index contributed by atoms with van der Waals surface area (Å²) in [6.07, 6.45) is 1.82. The van der Waals surface area contributed by atoms with Crippen molar-refractivity contribution in [2.24, 2.45) is 13.0 Å². The monoisotopic (exact) mass is 468 g/mol. The third-order valence-corrected chi connectivity index (χ3v) is 6.14. The highest BCUT2D eigenvalue weighted by Gasteiger charge is 2.30. The van der Waals surface area contributed by atoms with E-state index in [2.05, 4.69) is 23.8 Å². The lowest BCUT2D eigenvalue weighted by Crippen LogP contribution is -2.50. The lowest BCUT2D eigenvalue weighted by Gasteiger charge is -2.33. The van der Waals surface area contributed by atoms with Crippen molar-refractivity contribution in [3.8, 4) is 0 Å². The molecule has 2 rings (SSSR count). The largest absolute Gasteiger partial charge is 0.388 e. The summed E-state index contributed by atoms with van der Waals surface area (Å²) in [5.41, 5.74) is 2.19. The van der Waals surface area contributed by atoms with Gasteiger partial charge in [0.15, 0.2) is 0 Å². The summed E-state index contributed by atoms with van der Waals surface area (Å²) in [5, 5.41) is 25.7. The minimum absolute atomic E-state index is 0.0455. The standard InChI is InChI=1S/C24H44N4O5/c1-18(2)8-13-33-23-16-28(20(4)29)11-10-27(15-21-14-26(5)25-19(21)3)9-6-7-12-32-17-22(30)24(23)31/h14,18,22-24,30-31H,6-13,15-17H2,1-5H3/t22-,23-,24-/m1/s1. The van der Waals surface area contributed by atoms with Crippen LogP contribution in [0.3, 0.4) is 0 Å². The van der Waals surface area contributed by atoms with E-state index in [-0.39, 0.29) is 19.1 Å². The Kier molecular flexibility index (Phi) is 11.8. The van der Waals surface area contributed by atoms with Crippen LogP contribution in [0.15, 0.2) is 6.20 Å². The first-order valence-electron chi connectivity index (χ1n) is 12.2. The van der Waals surface area contributed by atoms with Crippen LogP contribution in [0.4, 0.5) is 0 Å². The molecule has 0 radical (unpaired) electrons. The first-order chi connectivity index (χ1) is 15.7. The molecule has 0 saturated carbocycles. The zero-order chi connectivity index (χ0) is 24.4. The number of carbonyl (C=O) groups excluding carboxylic acids is 1. The number of aromatic nitrogens is 2. The highest BCUT2D eigenvalue weighted by molar-refractivity contribution is 5.73. The molecule has 3 atom stereocenters. The first-order valence-corrected chi connectivity index (χ1v) is 12.2. The van der Waals surface area contributed by atoms with Crippen molar-refractivity contribution in [2.45, 2.75) is 71.8 Å². The van der Waals surface area contributed by atoms with Crippen molar-refractivity contribution < 1.29 is 24.5 Å². The third kappa shape index (κ3) is 9.70. The third-order valence-electron chi connectivity index (χ3n) is 6.14. The molecule has 1 amide bonds. The van der Waals surface area contributed by atoms with Gasteiger partial charge < -0.3 is 24.6 Å². The van der Waals surface area contributed by atoms with Crippen LogP contribution in [-0.4, -0.2) is 100 Å². The van der Waals surface area contributed by atoms with E-state index < -0.39 is 18.3 Å². The maximum Gasteiger partial charge on any atom is 0.219 e. The number of amides is 1. The van der Waals surface area contributed by atoms with Gasteiger partial charge >= 0.3 is 0 Å². The molecule has 2 heterocycles. The van der Waals surface area contributed by atoms with Gasteiger partial charge in [-0.15, -0.1) is 0 Å². The van der Waals surface area contributed by atoms with Crippen LogP contribution in [0.25, 0.3) is 0 Å². The van der Waals surface area contributed by atoms with Crippen molar-refractivity contribution >= 4 is 5.91 Å². The Morgan fingerprint density at radius 1 is 1.27 bits per heavy atom. The summed E-state index contributed by atoms with van der Waals surface area (Å²) >= 11 is 0. The van der Waals surface area contributed by atoms with E-state index in [0.717, 1.165) is 38.0 Å². The zero-order valence-corrected chi connectivity index (χ0v) is 21.1. The van der Waals surface area contributed by atoms with Crippen molar-refractivity contribution in [3.05, 3.63) is 17.5 Å². The van der Waals surface area contributed by atoms with Crippen molar-refractivity contribution in [1.82, 2.24) is 19.6 Å². The predicted molar refractivity (Wildman–Crippen MR) is 127 cm³/mol. The summed E-state index contributed by atoms with van der Waals surface area (Å²) in [6, 6.07) is 0. The molecule has 0 spiro atoms. The van der Waals surface area contributed by atoms with E-state index in [1.165, 1.54) is 12.5 Å². The molecule has 1 fully saturated rings. The van der Waals surface area contributed by atoms with Gasteiger partial charge in [0.25, 0.3) is 0 Å². The number of hydrogen-bond donors (Lipinski definition) is 2. The van der Waals surface area contributed by atoms with E-state index in [4.69, 9.17) is 9.47 Å². The molecule has 0 aromatic carbocycles. The smallest absolute Gasteiger partial charge is 0.219 e. The lowest BCUT2D eigenvalue weighted by atomic mass is 10.1. The first kappa shape index (κ1) is 27.7. The molecule has 1 aromatic rings. The number of carbonyl (C=O) groups is 1. The van der Waals surface area contributed by atoms with Crippen LogP contribution in [0.2, 0.25) is 0 Å². The summed E-state index contributed by atoms with van der Waals surface area (Å²) in [5.74, 6) is 0.386. The molecule has 2 N–H and O–H groups in total. The van der Waals surface area contributed by atoms with Crippen LogP contribution in [0.5, 0.6) is 0 Å². The topological polar surface area (TPSA) is 100 Å². The Hall–Kier alpha value is -1.52. The molecule has 0 unspecified atom stereocenters. The molecule has 1 saturated heterocycles. The molecular formula is C24H44N4O5. The summed E-state index contributed by atoms with van der Waals surface area (Å²) in [4.78, 5) is 16.5. The molecular weight excluding hydrogens is 424 g/mol. The van der Waals surface area contributed by atoms with Crippen molar-refractivity contribution in [3.63, 3.8) is 0 Å². The molecule has 0 aliphatic carbocycles. The quantitative estimate of drug-likeness (QED) is 0.650. The number of rotatable bonds is 6. The SMILES string of the molecule is CC(=O)N1CCN(Cc2cn(C)nc2C)CCCCOC[C@@H](O)[C@@H](O)[C@H](OCCC(C)C)C1. The second-order valence-electron chi connectivity index (χ2n) is 9.59. The van der Waals surface area contributed by atoms with E-state index in [0.29, 0.717) is 32.2 Å². The highest BCUT2D eigenvalue weighted by atomic mass is 16.5. The number of nitrogens with zero attached hydrogens (tertiary/aromatic N) is 4. The van der Waals surface area contributed by atoms with Gasteiger partial charge in [0.1, 0.15) is 18.3 Å². The van der Waals surface area contributed by atoms with Crippen molar-refractivity contribution in [1.29, 1.82) is 0 Å². The Morgan fingerprint density at radius 2 is 2.03 bits per heavy atom. The summed E-state index contributed by atoms with van der Waals surface area (Å²) < 4.78 is 13.4. The highest BCUT2D eigenvalue weighted by Crippen LogP contribution is 2.14. The van der Waals surface area contributed by atoms with Gasteiger partial charge in [-0.25, -0.2) is 0 Å². The fraction of sp³-hybridized carbons (Fsp3) is 0.833. The normalized spacial score (nSPS) is 24.7. The minimum Gasteiger partial charge on any atom is -0.388 e. The van der Waals surface area contributed by atoms with Crippen LogP contribution < -0.4 is 0 Å². The Morgan fingerprint density at radius 3 is 2.67 bits per heavy atom. The number of aliphatic hydroxyl groups excluding tert-OH is 2. The Balaban J connectivity index is 2.13. The molecule has 0 bridgehead atoms. The van der Waals surface area contributed by atoms with E-state index in [1.807, 2.05) is 24.9 Å². The Labute approximate surface area is 198 Å². The van der Waals surface area contributed by atoms with E-state index in [9.17, 15) is 15.0 Å². The number of aliphatic hydroxyl groups is 2. The van der Waals surface area contributed by atoms with Crippen LogP contribution in [0.1, 0.15) is 51.3 Å². The second-order valence-corrected chi connectivity index (χ2v) is 9.59. The van der Waals surface area contributed by atoms with Crippen molar-refractivity contribution in [2.75, 3.05) is 46.0 Å². The van der Waals surface area contributed by atoms with Gasteiger partial charge in [-0.05, 0) is 38.6 Å². The van der Waals surface area contributed by atoms with Gasteiger partial charge in [0.05, 0.1) is 12.3 Å². The predicted octanol–water partition coefficient (Wildman–Crippen LogP) is 1.34. The number of hydrogen-bond acceptors (Lipinski definition) is 7. The zero-order valence-electron chi connectivity index (χ0n) is 21.1. The fourth-order valence-electron chi connectivity index (χ4n) is 3.98. The van der Waals surface area contributed by atoms with E-state index in [1.54, 1.807) is 4.90 Å². The number of ether oxygens (including phenoxy) is 2. The fourth-order valence-corrected chi connectivity index (χ4v) is 3.98. The van der Waals surface area contributed by atoms with Gasteiger partial charge in [-0.3, -0.25) is 14.4 Å². The second kappa shape index (κ2) is 14.0. The van der Waals surface area contributed by atoms with Gasteiger partial charge in [-0.2, -0.15) is 5.10 Å². The average Bonchev–Trinajstić information content (AvgIpc) is 3.06. The summed E-state index contributed by atoms with van der Waals surface area (Å²) in [7, 11) is 1.92. The van der Waals surface area contributed by atoms with Gasteiger partial charge in [-0.1, -0.05) is 13.8 Å². The molecule has 9 heteroatoms. The average molecular weight is 469 g/mol. The lowest BCUT2D eigenvalue weighted by molar-refractivity contribution is -0.140. The molecule has 1 aliphatic heterocycles. The van der Waals surface area contributed by atoms with E-state index >= 15 is 0 Å². The number of aryl methyl sites for hydroxylation is 2. The Bertz CT molecular complexity index is 711.